The number of carbonyl (C=O) groups excluding carboxylic acids is 2. The minimum Gasteiger partial charge on any atom is -0.323 e. The monoisotopic (exact) mass is 288 g/mol. The van der Waals surface area contributed by atoms with Crippen LogP contribution >= 0.6 is 11.3 Å². The van der Waals surface area contributed by atoms with Gasteiger partial charge in [0.15, 0.2) is 5.78 Å². The summed E-state index contributed by atoms with van der Waals surface area (Å²) >= 11 is 1.61. The zero-order valence-corrected chi connectivity index (χ0v) is 12.2. The van der Waals surface area contributed by atoms with Crippen LogP contribution in [0, 0.1) is 0 Å². The van der Waals surface area contributed by atoms with Crippen molar-refractivity contribution >= 4 is 28.8 Å². The van der Waals surface area contributed by atoms with E-state index >= 15 is 0 Å². The topological polar surface area (TPSA) is 49.4 Å². The number of nitrogens with one attached hydrogen (secondary N) is 1. The van der Waals surface area contributed by atoms with Gasteiger partial charge in [-0.2, -0.15) is 11.3 Å². The maximum absolute atomic E-state index is 12.0. The molecule has 0 bridgehead atoms. The van der Waals surface area contributed by atoms with Crippen molar-refractivity contribution in [2.75, 3.05) is 12.4 Å². The van der Waals surface area contributed by atoms with Crippen molar-refractivity contribution in [2.45, 2.75) is 13.5 Å². The molecule has 5 heteroatoms. The summed E-state index contributed by atoms with van der Waals surface area (Å²) in [6.45, 7) is 2.09. The standard InChI is InChI=1S/C15H16N2O2S/c1-11(18)13-3-5-14(6-4-13)16-15(19)17(2)9-12-7-8-20-10-12/h3-8,10H,9H2,1-2H3,(H,16,19). The summed E-state index contributed by atoms with van der Waals surface area (Å²) in [4.78, 5) is 24.8. The third kappa shape index (κ3) is 3.68. The molecule has 0 atom stereocenters. The highest BCUT2D eigenvalue weighted by Gasteiger charge is 2.09. The Morgan fingerprint density at radius 2 is 1.90 bits per heavy atom. The highest BCUT2D eigenvalue weighted by atomic mass is 32.1. The molecule has 0 aliphatic rings. The van der Waals surface area contributed by atoms with Crippen molar-refractivity contribution in [2.24, 2.45) is 0 Å². The number of thiophene rings is 1. The lowest BCUT2D eigenvalue weighted by atomic mass is 10.1. The Kier molecular flexibility index (Phi) is 4.53. The molecule has 2 rings (SSSR count). The van der Waals surface area contributed by atoms with E-state index in [-0.39, 0.29) is 11.8 Å². The summed E-state index contributed by atoms with van der Waals surface area (Å²) < 4.78 is 0. The number of hydrogen-bond acceptors (Lipinski definition) is 3. The highest BCUT2D eigenvalue weighted by molar-refractivity contribution is 7.07. The molecule has 1 aromatic heterocycles. The van der Waals surface area contributed by atoms with Crippen LogP contribution in [0.25, 0.3) is 0 Å². The van der Waals surface area contributed by atoms with Gasteiger partial charge < -0.3 is 10.2 Å². The first kappa shape index (κ1) is 14.3. The molecule has 4 nitrogen and oxygen atoms in total. The molecule has 104 valence electrons. The van der Waals surface area contributed by atoms with E-state index in [1.54, 1.807) is 47.5 Å². The van der Waals surface area contributed by atoms with Gasteiger partial charge in [-0.05, 0) is 53.6 Å². The molecule has 0 saturated heterocycles. The average molecular weight is 288 g/mol. The van der Waals surface area contributed by atoms with Crippen molar-refractivity contribution in [3.05, 3.63) is 52.2 Å². The van der Waals surface area contributed by atoms with Gasteiger partial charge >= 0.3 is 6.03 Å². The number of urea groups is 1. The number of benzene rings is 1. The number of hydrogen-bond donors (Lipinski definition) is 1. The molecule has 2 amide bonds. The summed E-state index contributed by atoms with van der Waals surface area (Å²) in [5.74, 6) is 0.0115. The molecule has 0 saturated carbocycles. The van der Waals surface area contributed by atoms with Crippen LogP contribution in [0.4, 0.5) is 10.5 Å². The predicted molar refractivity (Wildman–Crippen MR) is 81.3 cm³/mol. The normalized spacial score (nSPS) is 10.1. The van der Waals surface area contributed by atoms with Gasteiger partial charge in [-0.25, -0.2) is 4.79 Å². The van der Waals surface area contributed by atoms with E-state index in [0.717, 1.165) is 5.56 Å². The second kappa shape index (κ2) is 6.34. The Labute approximate surface area is 122 Å². The molecule has 1 N–H and O–H groups in total. The van der Waals surface area contributed by atoms with E-state index in [1.807, 2.05) is 16.8 Å². The lowest BCUT2D eigenvalue weighted by molar-refractivity contribution is 0.101. The number of nitrogens with zero attached hydrogens (tertiary/aromatic N) is 1. The fraction of sp³-hybridized carbons (Fsp3) is 0.200. The summed E-state index contributed by atoms with van der Waals surface area (Å²) in [6, 6.07) is 8.69. The summed E-state index contributed by atoms with van der Waals surface area (Å²) in [5, 5.41) is 6.81. The molecule has 0 radical (unpaired) electrons. The van der Waals surface area contributed by atoms with Gasteiger partial charge in [0.05, 0.1) is 0 Å². The third-order valence-corrected chi connectivity index (χ3v) is 3.62. The third-order valence-electron chi connectivity index (χ3n) is 2.89. The van der Waals surface area contributed by atoms with Gasteiger partial charge in [-0.3, -0.25) is 4.79 Å². The van der Waals surface area contributed by atoms with Crippen molar-refractivity contribution in [1.82, 2.24) is 4.90 Å². The molecule has 20 heavy (non-hydrogen) atoms. The molecule has 0 fully saturated rings. The van der Waals surface area contributed by atoms with Crippen molar-refractivity contribution in [1.29, 1.82) is 0 Å². The van der Waals surface area contributed by atoms with Crippen LogP contribution in [0.2, 0.25) is 0 Å². The largest absolute Gasteiger partial charge is 0.323 e. The molecule has 2 aromatic rings. The molecule has 1 heterocycles. The van der Waals surface area contributed by atoms with Gasteiger partial charge in [-0.1, -0.05) is 0 Å². The molecular formula is C15H16N2O2S. The Hall–Kier alpha value is -2.14. The Balaban J connectivity index is 1.95. The fourth-order valence-electron chi connectivity index (χ4n) is 1.74. The lowest BCUT2D eigenvalue weighted by Crippen LogP contribution is -2.30. The second-order valence-electron chi connectivity index (χ2n) is 4.55. The number of ketones is 1. The van der Waals surface area contributed by atoms with Crippen LogP contribution in [0.3, 0.4) is 0 Å². The van der Waals surface area contributed by atoms with E-state index < -0.39 is 0 Å². The first-order chi connectivity index (χ1) is 9.56. The Morgan fingerprint density at radius 3 is 2.45 bits per heavy atom. The number of carbonyl (C=O) groups is 2. The molecule has 1 aromatic carbocycles. The van der Waals surface area contributed by atoms with Crippen LogP contribution in [0.1, 0.15) is 22.8 Å². The molecule has 0 spiro atoms. The SMILES string of the molecule is CC(=O)c1ccc(NC(=O)N(C)Cc2ccsc2)cc1. The number of rotatable bonds is 4. The van der Waals surface area contributed by atoms with Gasteiger partial charge in [0.1, 0.15) is 0 Å². The molecule has 0 aliphatic heterocycles. The first-order valence-corrected chi connectivity index (χ1v) is 7.15. The Morgan fingerprint density at radius 1 is 1.20 bits per heavy atom. The van der Waals surface area contributed by atoms with Gasteiger partial charge in [-0.15, -0.1) is 0 Å². The number of anilines is 1. The quantitative estimate of drug-likeness (QED) is 0.874. The van der Waals surface area contributed by atoms with E-state index in [1.165, 1.54) is 6.92 Å². The van der Waals surface area contributed by atoms with Crippen LogP contribution < -0.4 is 5.32 Å². The zero-order chi connectivity index (χ0) is 14.5. The minimum absolute atomic E-state index is 0.0115. The van der Waals surface area contributed by atoms with Crippen molar-refractivity contribution < 1.29 is 9.59 Å². The van der Waals surface area contributed by atoms with Crippen LogP contribution in [0.15, 0.2) is 41.1 Å². The van der Waals surface area contributed by atoms with Gasteiger partial charge in [0.25, 0.3) is 0 Å². The fourth-order valence-corrected chi connectivity index (χ4v) is 2.40. The van der Waals surface area contributed by atoms with E-state index in [9.17, 15) is 9.59 Å². The smallest absolute Gasteiger partial charge is 0.321 e. The van der Waals surface area contributed by atoms with Crippen LogP contribution in [-0.2, 0) is 6.54 Å². The average Bonchev–Trinajstić information content (AvgIpc) is 2.92. The van der Waals surface area contributed by atoms with E-state index in [0.29, 0.717) is 17.8 Å². The van der Waals surface area contributed by atoms with Gasteiger partial charge in [0.2, 0.25) is 0 Å². The van der Waals surface area contributed by atoms with Gasteiger partial charge in [0, 0.05) is 24.8 Å². The summed E-state index contributed by atoms with van der Waals surface area (Å²) in [5.41, 5.74) is 2.42. The number of amides is 2. The lowest BCUT2D eigenvalue weighted by Gasteiger charge is -2.17. The molecule has 0 aliphatic carbocycles. The Bertz CT molecular complexity index is 591. The van der Waals surface area contributed by atoms with E-state index in [4.69, 9.17) is 0 Å². The molecular weight excluding hydrogens is 272 g/mol. The van der Waals surface area contributed by atoms with Crippen molar-refractivity contribution in [3.63, 3.8) is 0 Å². The van der Waals surface area contributed by atoms with E-state index in [2.05, 4.69) is 5.32 Å². The highest BCUT2D eigenvalue weighted by Crippen LogP contribution is 2.12. The summed E-state index contributed by atoms with van der Waals surface area (Å²) in [6.07, 6.45) is 0. The van der Waals surface area contributed by atoms with Crippen molar-refractivity contribution in [3.8, 4) is 0 Å². The predicted octanol–water partition coefficient (Wildman–Crippen LogP) is 3.61. The maximum Gasteiger partial charge on any atom is 0.321 e. The van der Waals surface area contributed by atoms with Crippen LogP contribution in [-0.4, -0.2) is 23.8 Å². The second-order valence-corrected chi connectivity index (χ2v) is 5.33. The maximum atomic E-state index is 12.0. The van der Waals surface area contributed by atoms with Crippen LogP contribution in [0.5, 0.6) is 0 Å². The number of Topliss-reactive ketones (excluding diaryl/α,β-unsaturated/α-hetero) is 1. The zero-order valence-electron chi connectivity index (χ0n) is 11.4. The minimum atomic E-state index is -0.174. The molecule has 0 unspecified atom stereocenters. The summed E-state index contributed by atoms with van der Waals surface area (Å²) in [7, 11) is 1.75. The first-order valence-electron chi connectivity index (χ1n) is 6.20.